The fourth-order valence-electron chi connectivity index (χ4n) is 2.82. The van der Waals surface area contributed by atoms with E-state index < -0.39 is 0 Å². The van der Waals surface area contributed by atoms with Crippen LogP contribution in [0.25, 0.3) is 21.9 Å². The van der Waals surface area contributed by atoms with Crippen LogP contribution in [-0.2, 0) is 17.9 Å². The van der Waals surface area contributed by atoms with Gasteiger partial charge in [-0.25, -0.2) is 9.97 Å². The number of esters is 1. The lowest BCUT2D eigenvalue weighted by atomic mass is 10.1. The van der Waals surface area contributed by atoms with Gasteiger partial charge in [-0.15, -0.1) is 0 Å². The van der Waals surface area contributed by atoms with Gasteiger partial charge in [-0.05, 0) is 12.0 Å². The van der Waals surface area contributed by atoms with Gasteiger partial charge in [0.25, 0.3) is 5.88 Å². The van der Waals surface area contributed by atoms with E-state index in [0.29, 0.717) is 18.0 Å². The molecule has 0 unspecified atom stereocenters. The van der Waals surface area contributed by atoms with Crippen LogP contribution >= 0.6 is 0 Å². The Labute approximate surface area is 140 Å². The molecule has 0 fully saturated rings. The van der Waals surface area contributed by atoms with Crippen molar-refractivity contribution in [3.8, 4) is 5.88 Å². The van der Waals surface area contributed by atoms with Crippen LogP contribution in [0.5, 0.6) is 5.88 Å². The lowest BCUT2D eigenvalue weighted by Crippen LogP contribution is -2.12. The topological polar surface area (TPSA) is 83.0 Å². The van der Waals surface area contributed by atoms with Crippen molar-refractivity contribution in [2.45, 2.75) is 40.3 Å². The number of nitrogens with zero attached hydrogens (tertiary/aromatic N) is 3. The maximum Gasteiger partial charge on any atom is 0.312 e. The molecule has 126 valence electrons. The van der Waals surface area contributed by atoms with Crippen molar-refractivity contribution in [1.29, 1.82) is 0 Å². The van der Waals surface area contributed by atoms with Gasteiger partial charge < -0.3 is 15.0 Å². The normalized spacial score (nSPS) is 11.5. The molecule has 1 aromatic carbocycles. The minimum atomic E-state index is -0.327. The molecule has 6 nitrogen and oxygen atoms in total. The molecule has 2 N–H and O–H groups in total. The van der Waals surface area contributed by atoms with E-state index in [4.69, 9.17) is 10.5 Å². The Balaban J connectivity index is 2.36. The SMILES string of the molecule is CCC(=O)Oc1nc2ccccc2c2c1nc(CN)n2CC(C)C. The van der Waals surface area contributed by atoms with Crippen LogP contribution in [0.15, 0.2) is 24.3 Å². The molecule has 3 aromatic rings. The second-order valence-electron chi connectivity index (χ2n) is 6.20. The summed E-state index contributed by atoms with van der Waals surface area (Å²) in [7, 11) is 0. The zero-order valence-electron chi connectivity index (χ0n) is 14.2. The first-order chi connectivity index (χ1) is 11.5. The number of pyridine rings is 1. The van der Waals surface area contributed by atoms with E-state index in [0.717, 1.165) is 28.8 Å². The Hall–Kier alpha value is -2.47. The van der Waals surface area contributed by atoms with Crippen molar-refractivity contribution in [3.63, 3.8) is 0 Å². The highest BCUT2D eigenvalue weighted by Gasteiger charge is 2.20. The van der Waals surface area contributed by atoms with Crippen LogP contribution in [0.3, 0.4) is 0 Å². The average Bonchev–Trinajstić information content (AvgIpc) is 2.93. The number of fused-ring (bicyclic) bond motifs is 3. The van der Waals surface area contributed by atoms with Gasteiger partial charge >= 0.3 is 5.97 Å². The molecule has 24 heavy (non-hydrogen) atoms. The van der Waals surface area contributed by atoms with E-state index in [9.17, 15) is 4.79 Å². The lowest BCUT2D eigenvalue weighted by molar-refractivity contribution is -0.134. The van der Waals surface area contributed by atoms with Crippen molar-refractivity contribution in [2.24, 2.45) is 11.7 Å². The Bertz CT molecular complexity index is 899. The maximum absolute atomic E-state index is 11.8. The largest absolute Gasteiger partial charge is 0.405 e. The summed E-state index contributed by atoms with van der Waals surface area (Å²) >= 11 is 0. The molecule has 0 aliphatic carbocycles. The van der Waals surface area contributed by atoms with Crippen LogP contribution < -0.4 is 10.5 Å². The molecule has 0 atom stereocenters. The summed E-state index contributed by atoms with van der Waals surface area (Å²) in [5, 5.41) is 0.983. The van der Waals surface area contributed by atoms with Crippen LogP contribution in [0, 0.1) is 5.92 Å². The number of ether oxygens (including phenoxy) is 1. The molecule has 2 aromatic heterocycles. The molecule has 0 bridgehead atoms. The molecular weight excluding hydrogens is 304 g/mol. The van der Waals surface area contributed by atoms with Crippen molar-refractivity contribution < 1.29 is 9.53 Å². The van der Waals surface area contributed by atoms with E-state index in [1.165, 1.54) is 0 Å². The number of hydrogen-bond donors (Lipinski definition) is 1. The molecule has 0 amide bonds. The van der Waals surface area contributed by atoms with E-state index in [2.05, 4.69) is 28.4 Å². The first-order valence-corrected chi connectivity index (χ1v) is 8.23. The highest BCUT2D eigenvalue weighted by Crippen LogP contribution is 2.32. The van der Waals surface area contributed by atoms with Gasteiger partial charge in [0.15, 0.2) is 5.52 Å². The van der Waals surface area contributed by atoms with Crippen molar-refractivity contribution in [1.82, 2.24) is 14.5 Å². The number of benzene rings is 1. The smallest absolute Gasteiger partial charge is 0.312 e. The fraction of sp³-hybridized carbons (Fsp3) is 0.389. The summed E-state index contributed by atoms with van der Waals surface area (Å²) in [6.45, 7) is 7.15. The van der Waals surface area contributed by atoms with E-state index in [-0.39, 0.29) is 18.3 Å². The predicted octanol–water partition coefficient (Wildman–Crippen LogP) is 3.01. The second kappa shape index (κ2) is 6.57. The van der Waals surface area contributed by atoms with Gasteiger partial charge in [0.05, 0.1) is 17.6 Å². The Morgan fingerprint density at radius 3 is 2.71 bits per heavy atom. The number of aromatic nitrogens is 3. The molecule has 0 saturated carbocycles. The molecule has 3 rings (SSSR count). The third kappa shape index (κ3) is 2.85. The van der Waals surface area contributed by atoms with Gasteiger partial charge in [0.1, 0.15) is 5.82 Å². The number of imidazole rings is 1. The molecule has 0 spiro atoms. The van der Waals surface area contributed by atoms with Crippen LogP contribution in [-0.4, -0.2) is 20.5 Å². The number of rotatable bonds is 5. The van der Waals surface area contributed by atoms with Gasteiger partial charge in [-0.3, -0.25) is 4.79 Å². The van der Waals surface area contributed by atoms with Crippen molar-refractivity contribution >= 4 is 27.9 Å². The zero-order valence-corrected chi connectivity index (χ0v) is 14.2. The third-order valence-electron chi connectivity index (χ3n) is 3.86. The Kier molecular flexibility index (Phi) is 4.49. The first-order valence-electron chi connectivity index (χ1n) is 8.23. The average molecular weight is 326 g/mol. The molecule has 0 radical (unpaired) electrons. The van der Waals surface area contributed by atoms with E-state index in [1.807, 2.05) is 24.3 Å². The molecule has 2 heterocycles. The van der Waals surface area contributed by atoms with Gasteiger partial charge in [0.2, 0.25) is 0 Å². The number of carbonyl (C=O) groups excluding carboxylic acids is 1. The number of hydrogen-bond acceptors (Lipinski definition) is 5. The second-order valence-corrected chi connectivity index (χ2v) is 6.20. The van der Waals surface area contributed by atoms with Gasteiger partial charge in [-0.1, -0.05) is 39.0 Å². The fourth-order valence-corrected chi connectivity index (χ4v) is 2.82. The Morgan fingerprint density at radius 1 is 1.29 bits per heavy atom. The molecule has 0 aliphatic rings. The number of nitrogens with two attached hydrogens (primary N) is 1. The summed E-state index contributed by atoms with van der Waals surface area (Å²) in [5.41, 5.74) is 8.19. The van der Waals surface area contributed by atoms with Crippen molar-refractivity contribution in [3.05, 3.63) is 30.1 Å². The zero-order chi connectivity index (χ0) is 17.3. The van der Waals surface area contributed by atoms with E-state index in [1.54, 1.807) is 6.92 Å². The predicted molar refractivity (Wildman–Crippen MR) is 93.7 cm³/mol. The highest BCUT2D eigenvalue weighted by atomic mass is 16.5. The number of para-hydroxylation sites is 1. The van der Waals surface area contributed by atoms with Gasteiger partial charge in [-0.2, -0.15) is 0 Å². The summed E-state index contributed by atoms with van der Waals surface area (Å²) in [6, 6.07) is 7.80. The molecule has 0 aliphatic heterocycles. The summed E-state index contributed by atoms with van der Waals surface area (Å²) < 4.78 is 7.55. The maximum atomic E-state index is 11.8. The van der Waals surface area contributed by atoms with E-state index >= 15 is 0 Å². The monoisotopic (exact) mass is 326 g/mol. The first kappa shape index (κ1) is 16.4. The standard InChI is InChI=1S/C18H22N4O2/c1-4-15(23)24-18-16-17(12-7-5-6-8-13(12)20-18)22(10-11(2)3)14(9-19)21-16/h5-8,11H,4,9-10,19H2,1-3H3. The molecule has 0 saturated heterocycles. The minimum Gasteiger partial charge on any atom is -0.405 e. The lowest BCUT2D eigenvalue weighted by Gasteiger charge is -2.12. The Morgan fingerprint density at radius 2 is 2.04 bits per heavy atom. The van der Waals surface area contributed by atoms with Crippen molar-refractivity contribution in [2.75, 3.05) is 0 Å². The molecular formula is C18H22N4O2. The number of carbonyl (C=O) groups is 1. The summed E-state index contributed by atoms with van der Waals surface area (Å²) in [6.07, 6.45) is 0.284. The van der Waals surface area contributed by atoms with Gasteiger partial charge in [0, 0.05) is 18.4 Å². The minimum absolute atomic E-state index is 0.257. The molecule has 6 heteroatoms. The summed E-state index contributed by atoms with van der Waals surface area (Å²) in [4.78, 5) is 20.9. The third-order valence-corrected chi connectivity index (χ3v) is 3.86. The van der Waals surface area contributed by atoms with Crippen LogP contribution in [0.4, 0.5) is 0 Å². The quantitative estimate of drug-likeness (QED) is 0.729. The van der Waals surface area contributed by atoms with Crippen LogP contribution in [0.2, 0.25) is 0 Å². The highest BCUT2D eigenvalue weighted by molar-refractivity contribution is 6.05. The van der Waals surface area contributed by atoms with Crippen LogP contribution in [0.1, 0.15) is 33.0 Å². The summed E-state index contributed by atoms with van der Waals surface area (Å²) in [5.74, 6) is 1.13.